The highest BCUT2D eigenvalue weighted by Gasteiger charge is 2.25. The van der Waals surface area contributed by atoms with Crippen LogP contribution in [0.1, 0.15) is 29.7 Å². The molecule has 3 heterocycles. The standard InChI is InChI=1S/C18H22N6O2/c1-2-7-24-17(19-20-21-24)13-22-8-10-23(11-9-22)18(25)16-12-14-5-3-4-6-15(14)26-16/h3-6,12H,2,7-11,13H2,1H3. The minimum Gasteiger partial charge on any atom is -0.451 e. The second-order valence-corrected chi connectivity index (χ2v) is 6.54. The summed E-state index contributed by atoms with van der Waals surface area (Å²) in [6.07, 6.45) is 0.998. The van der Waals surface area contributed by atoms with E-state index in [2.05, 4.69) is 27.3 Å². The van der Waals surface area contributed by atoms with E-state index in [9.17, 15) is 4.79 Å². The third-order valence-corrected chi connectivity index (χ3v) is 4.70. The van der Waals surface area contributed by atoms with Crippen LogP contribution in [0.4, 0.5) is 0 Å². The summed E-state index contributed by atoms with van der Waals surface area (Å²) in [5, 5.41) is 12.9. The number of piperazine rings is 1. The number of carbonyl (C=O) groups is 1. The Bertz CT molecular complexity index is 861. The average molecular weight is 354 g/mol. The van der Waals surface area contributed by atoms with Crippen molar-refractivity contribution in [2.75, 3.05) is 26.2 Å². The number of nitrogens with zero attached hydrogens (tertiary/aromatic N) is 6. The number of fused-ring (bicyclic) bond motifs is 1. The monoisotopic (exact) mass is 354 g/mol. The van der Waals surface area contributed by atoms with Crippen molar-refractivity contribution in [3.63, 3.8) is 0 Å². The van der Waals surface area contributed by atoms with Gasteiger partial charge in [-0.15, -0.1) is 5.10 Å². The van der Waals surface area contributed by atoms with Gasteiger partial charge in [0.25, 0.3) is 5.91 Å². The number of hydrogen-bond donors (Lipinski definition) is 0. The molecule has 1 aliphatic rings. The van der Waals surface area contributed by atoms with E-state index in [1.807, 2.05) is 39.9 Å². The fourth-order valence-electron chi connectivity index (χ4n) is 3.27. The molecule has 2 aromatic heterocycles. The summed E-state index contributed by atoms with van der Waals surface area (Å²) in [6.45, 7) is 6.58. The number of tetrazole rings is 1. The van der Waals surface area contributed by atoms with E-state index in [0.29, 0.717) is 25.4 Å². The molecule has 0 N–H and O–H groups in total. The van der Waals surface area contributed by atoms with Crippen molar-refractivity contribution < 1.29 is 9.21 Å². The molecule has 1 amide bonds. The van der Waals surface area contributed by atoms with Gasteiger partial charge in [-0.25, -0.2) is 4.68 Å². The van der Waals surface area contributed by atoms with E-state index < -0.39 is 0 Å². The van der Waals surface area contributed by atoms with Gasteiger partial charge in [-0.2, -0.15) is 0 Å². The summed E-state index contributed by atoms with van der Waals surface area (Å²) in [5.74, 6) is 1.24. The number of amides is 1. The molecule has 1 aliphatic heterocycles. The van der Waals surface area contributed by atoms with E-state index in [4.69, 9.17) is 4.42 Å². The number of benzene rings is 1. The summed E-state index contributed by atoms with van der Waals surface area (Å²) in [6, 6.07) is 9.50. The molecule has 0 aliphatic carbocycles. The third kappa shape index (κ3) is 3.32. The van der Waals surface area contributed by atoms with E-state index in [1.165, 1.54) is 0 Å². The Morgan fingerprint density at radius 1 is 1.19 bits per heavy atom. The molecule has 0 atom stereocenters. The lowest BCUT2D eigenvalue weighted by molar-refractivity contribution is 0.0595. The van der Waals surface area contributed by atoms with Crippen molar-refractivity contribution in [2.24, 2.45) is 0 Å². The SMILES string of the molecule is CCCn1nnnc1CN1CCN(C(=O)c2cc3ccccc3o2)CC1. The molecular formula is C18H22N6O2. The first-order valence-electron chi connectivity index (χ1n) is 9.00. The molecule has 1 saturated heterocycles. The summed E-state index contributed by atoms with van der Waals surface area (Å²) in [5.41, 5.74) is 0.747. The van der Waals surface area contributed by atoms with Gasteiger partial charge in [0.1, 0.15) is 5.58 Å². The van der Waals surface area contributed by atoms with Gasteiger partial charge in [-0.3, -0.25) is 9.69 Å². The second kappa shape index (κ2) is 7.25. The number of furan rings is 1. The van der Waals surface area contributed by atoms with Crippen LogP contribution in [0.3, 0.4) is 0 Å². The molecule has 0 saturated carbocycles. The Balaban J connectivity index is 1.37. The van der Waals surface area contributed by atoms with Crippen LogP contribution in [0, 0.1) is 0 Å². The third-order valence-electron chi connectivity index (χ3n) is 4.70. The Morgan fingerprint density at radius 2 is 2.00 bits per heavy atom. The quantitative estimate of drug-likeness (QED) is 0.695. The zero-order valence-corrected chi connectivity index (χ0v) is 14.8. The zero-order valence-electron chi connectivity index (χ0n) is 14.8. The predicted octanol–water partition coefficient (Wildman–Crippen LogP) is 1.79. The average Bonchev–Trinajstić information content (AvgIpc) is 3.29. The number of carbonyl (C=O) groups excluding carboxylic acids is 1. The number of rotatable bonds is 5. The fourth-order valence-corrected chi connectivity index (χ4v) is 3.27. The molecule has 0 unspecified atom stereocenters. The van der Waals surface area contributed by atoms with Crippen LogP contribution in [0.5, 0.6) is 0 Å². The molecule has 26 heavy (non-hydrogen) atoms. The Hall–Kier alpha value is -2.74. The molecule has 1 aromatic carbocycles. The zero-order chi connectivity index (χ0) is 17.9. The van der Waals surface area contributed by atoms with Crippen LogP contribution in [-0.4, -0.2) is 62.1 Å². The van der Waals surface area contributed by atoms with E-state index in [-0.39, 0.29) is 5.91 Å². The highest BCUT2D eigenvalue weighted by Crippen LogP contribution is 2.20. The van der Waals surface area contributed by atoms with Crippen molar-refractivity contribution in [1.29, 1.82) is 0 Å². The van der Waals surface area contributed by atoms with E-state index >= 15 is 0 Å². The lowest BCUT2D eigenvalue weighted by Crippen LogP contribution is -2.48. The van der Waals surface area contributed by atoms with Crippen molar-refractivity contribution in [1.82, 2.24) is 30.0 Å². The van der Waals surface area contributed by atoms with Crippen molar-refractivity contribution in [2.45, 2.75) is 26.4 Å². The molecule has 0 radical (unpaired) electrons. The molecular weight excluding hydrogens is 332 g/mol. The maximum absolute atomic E-state index is 12.7. The number of aryl methyl sites for hydroxylation is 1. The lowest BCUT2D eigenvalue weighted by Gasteiger charge is -2.33. The predicted molar refractivity (Wildman–Crippen MR) is 95.5 cm³/mol. The second-order valence-electron chi connectivity index (χ2n) is 6.54. The Kier molecular flexibility index (Phi) is 4.66. The van der Waals surface area contributed by atoms with Gasteiger partial charge >= 0.3 is 0 Å². The summed E-state index contributed by atoms with van der Waals surface area (Å²) in [7, 11) is 0. The molecule has 8 nitrogen and oxygen atoms in total. The molecule has 0 bridgehead atoms. The summed E-state index contributed by atoms with van der Waals surface area (Å²) >= 11 is 0. The van der Waals surface area contributed by atoms with Crippen LogP contribution in [0.25, 0.3) is 11.0 Å². The Labute approximate surface area is 151 Å². The van der Waals surface area contributed by atoms with Crippen molar-refractivity contribution in [3.8, 4) is 0 Å². The van der Waals surface area contributed by atoms with Crippen LogP contribution < -0.4 is 0 Å². The van der Waals surface area contributed by atoms with Crippen LogP contribution in [0.15, 0.2) is 34.7 Å². The minimum absolute atomic E-state index is 0.0448. The summed E-state index contributed by atoms with van der Waals surface area (Å²) in [4.78, 5) is 16.8. The van der Waals surface area contributed by atoms with Crippen LogP contribution >= 0.6 is 0 Å². The van der Waals surface area contributed by atoms with E-state index in [0.717, 1.165) is 42.8 Å². The van der Waals surface area contributed by atoms with Gasteiger partial charge in [0.05, 0.1) is 6.54 Å². The Morgan fingerprint density at radius 3 is 2.77 bits per heavy atom. The number of hydrogen-bond acceptors (Lipinski definition) is 6. The van der Waals surface area contributed by atoms with Crippen LogP contribution in [0.2, 0.25) is 0 Å². The van der Waals surface area contributed by atoms with Crippen LogP contribution in [-0.2, 0) is 13.1 Å². The molecule has 4 rings (SSSR count). The van der Waals surface area contributed by atoms with Gasteiger partial charge in [-0.05, 0) is 29.0 Å². The minimum atomic E-state index is -0.0448. The van der Waals surface area contributed by atoms with Gasteiger partial charge in [0, 0.05) is 38.1 Å². The number of aromatic nitrogens is 4. The molecule has 3 aromatic rings. The molecule has 136 valence electrons. The van der Waals surface area contributed by atoms with Crippen molar-refractivity contribution in [3.05, 3.63) is 41.9 Å². The lowest BCUT2D eigenvalue weighted by atomic mass is 10.2. The van der Waals surface area contributed by atoms with Gasteiger partial charge in [0.15, 0.2) is 11.6 Å². The highest BCUT2D eigenvalue weighted by atomic mass is 16.3. The number of para-hydroxylation sites is 1. The molecule has 0 spiro atoms. The normalized spacial score (nSPS) is 15.7. The first kappa shape index (κ1) is 16.7. The van der Waals surface area contributed by atoms with E-state index in [1.54, 1.807) is 0 Å². The maximum Gasteiger partial charge on any atom is 0.289 e. The molecule has 8 heteroatoms. The largest absolute Gasteiger partial charge is 0.451 e. The first-order valence-corrected chi connectivity index (χ1v) is 9.00. The smallest absolute Gasteiger partial charge is 0.289 e. The van der Waals surface area contributed by atoms with Crippen molar-refractivity contribution >= 4 is 16.9 Å². The summed E-state index contributed by atoms with van der Waals surface area (Å²) < 4.78 is 7.56. The first-order chi connectivity index (χ1) is 12.7. The fraction of sp³-hybridized carbons (Fsp3) is 0.444. The highest BCUT2D eigenvalue weighted by molar-refractivity contribution is 5.96. The van der Waals surface area contributed by atoms with Gasteiger partial charge < -0.3 is 9.32 Å². The molecule has 1 fully saturated rings. The maximum atomic E-state index is 12.7. The topological polar surface area (TPSA) is 80.3 Å². The van der Waals surface area contributed by atoms with Gasteiger partial charge in [-0.1, -0.05) is 25.1 Å². The van der Waals surface area contributed by atoms with Gasteiger partial charge in [0.2, 0.25) is 0 Å².